The molecule has 0 spiro atoms. The Balaban J connectivity index is 1.73. The molecule has 0 saturated heterocycles. The molecular formula is C14H16N2O3S. The molecule has 0 atom stereocenters. The van der Waals surface area contributed by atoms with Crippen molar-refractivity contribution in [2.24, 2.45) is 0 Å². The predicted octanol–water partition coefficient (Wildman–Crippen LogP) is 3.26. The van der Waals surface area contributed by atoms with Crippen LogP contribution in [0.25, 0.3) is 0 Å². The van der Waals surface area contributed by atoms with Gasteiger partial charge in [-0.3, -0.25) is 0 Å². The predicted molar refractivity (Wildman–Crippen MR) is 75.4 cm³/mol. The maximum Gasteiger partial charge on any atom is 0.229 e. The van der Waals surface area contributed by atoms with Crippen molar-refractivity contribution in [1.82, 2.24) is 10.1 Å². The summed E-state index contributed by atoms with van der Waals surface area (Å²) < 4.78 is 16.0. The topological polar surface area (TPSA) is 57.4 Å². The number of hydrogen-bond donors (Lipinski definition) is 0. The van der Waals surface area contributed by atoms with Crippen molar-refractivity contribution in [1.29, 1.82) is 0 Å². The highest BCUT2D eigenvalue weighted by atomic mass is 32.2. The van der Waals surface area contributed by atoms with Gasteiger partial charge < -0.3 is 14.0 Å². The summed E-state index contributed by atoms with van der Waals surface area (Å²) >= 11 is 1.59. The van der Waals surface area contributed by atoms with Crippen LogP contribution in [0, 0.1) is 0 Å². The average molecular weight is 292 g/mol. The second-order valence-electron chi connectivity index (χ2n) is 4.60. The molecule has 3 rings (SSSR count). The lowest BCUT2D eigenvalue weighted by atomic mass is 10.3. The molecule has 20 heavy (non-hydrogen) atoms. The second kappa shape index (κ2) is 5.75. The van der Waals surface area contributed by atoms with Crippen molar-refractivity contribution in [3.05, 3.63) is 29.9 Å². The van der Waals surface area contributed by atoms with Crippen LogP contribution in [0.4, 0.5) is 0 Å². The fraction of sp³-hybridized carbons (Fsp3) is 0.429. The van der Waals surface area contributed by atoms with Crippen molar-refractivity contribution >= 4 is 11.8 Å². The third kappa shape index (κ3) is 2.75. The maximum absolute atomic E-state index is 5.36. The second-order valence-corrected chi connectivity index (χ2v) is 5.59. The minimum atomic E-state index is 0.488. The van der Waals surface area contributed by atoms with Crippen molar-refractivity contribution in [2.45, 2.75) is 29.4 Å². The fourth-order valence-electron chi connectivity index (χ4n) is 1.92. The van der Waals surface area contributed by atoms with Gasteiger partial charge in [-0.25, -0.2) is 0 Å². The van der Waals surface area contributed by atoms with E-state index < -0.39 is 0 Å². The molecule has 0 amide bonds. The first-order valence-electron chi connectivity index (χ1n) is 6.48. The molecule has 1 fully saturated rings. The summed E-state index contributed by atoms with van der Waals surface area (Å²) in [5.41, 5.74) is 0. The number of aromatic nitrogens is 2. The maximum atomic E-state index is 5.36. The van der Waals surface area contributed by atoms with Crippen molar-refractivity contribution in [3.8, 4) is 11.5 Å². The van der Waals surface area contributed by atoms with Crippen LogP contribution in [0.3, 0.4) is 0 Å². The van der Waals surface area contributed by atoms with Gasteiger partial charge in [0, 0.05) is 5.92 Å². The molecule has 1 aliphatic rings. The quantitative estimate of drug-likeness (QED) is 0.762. The zero-order valence-corrected chi connectivity index (χ0v) is 12.3. The van der Waals surface area contributed by atoms with Crippen LogP contribution < -0.4 is 9.47 Å². The first-order valence-corrected chi connectivity index (χ1v) is 7.46. The Kier molecular flexibility index (Phi) is 3.82. The summed E-state index contributed by atoms with van der Waals surface area (Å²) in [6.45, 7) is 0. The first-order chi connectivity index (χ1) is 9.81. The van der Waals surface area contributed by atoms with E-state index in [1.807, 2.05) is 18.2 Å². The van der Waals surface area contributed by atoms with E-state index in [0.29, 0.717) is 17.5 Å². The van der Waals surface area contributed by atoms with Crippen LogP contribution in [0.2, 0.25) is 0 Å². The lowest BCUT2D eigenvalue weighted by Gasteiger charge is -2.11. The standard InChI is InChI=1S/C14H16N2O3S/c1-17-10-4-3-5-11(18-2)13(10)20-8-12-15-14(19-16-12)9-6-7-9/h3-5,9H,6-8H2,1-2H3. The van der Waals surface area contributed by atoms with Crippen LogP contribution >= 0.6 is 11.8 Å². The zero-order valence-electron chi connectivity index (χ0n) is 11.5. The van der Waals surface area contributed by atoms with Gasteiger partial charge in [-0.15, -0.1) is 11.8 Å². The van der Waals surface area contributed by atoms with Gasteiger partial charge in [0.25, 0.3) is 0 Å². The molecule has 0 aliphatic heterocycles. The summed E-state index contributed by atoms with van der Waals surface area (Å²) in [6, 6.07) is 5.73. The van der Waals surface area contributed by atoms with Crippen molar-refractivity contribution in [2.75, 3.05) is 14.2 Å². The molecule has 1 heterocycles. The molecule has 1 aliphatic carbocycles. The Bertz CT molecular complexity index is 574. The summed E-state index contributed by atoms with van der Waals surface area (Å²) in [5.74, 6) is 4.19. The zero-order chi connectivity index (χ0) is 13.9. The molecule has 5 nitrogen and oxygen atoms in total. The van der Waals surface area contributed by atoms with Gasteiger partial charge in [-0.1, -0.05) is 11.2 Å². The smallest absolute Gasteiger partial charge is 0.229 e. The van der Waals surface area contributed by atoms with E-state index in [1.165, 1.54) is 0 Å². The number of thioether (sulfide) groups is 1. The largest absolute Gasteiger partial charge is 0.495 e. The van der Waals surface area contributed by atoms with Gasteiger partial charge in [0.1, 0.15) is 11.5 Å². The summed E-state index contributed by atoms with van der Waals surface area (Å²) in [5, 5.41) is 4.01. The molecule has 1 aromatic heterocycles. The number of ether oxygens (including phenoxy) is 2. The minimum absolute atomic E-state index is 0.488. The van der Waals surface area contributed by atoms with Crippen molar-refractivity contribution in [3.63, 3.8) is 0 Å². The molecule has 1 aromatic carbocycles. The first kappa shape index (κ1) is 13.3. The van der Waals surface area contributed by atoms with Crippen LogP contribution in [0.15, 0.2) is 27.6 Å². The van der Waals surface area contributed by atoms with Gasteiger partial charge in [0.2, 0.25) is 5.89 Å². The molecule has 6 heteroatoms. The number of rotatable bonds is 6. The normalized spacial score (nSPS) is 14.3. The highest BCUT2D eigenvalue weighted by Gasteiger charge is 2.29. The van der Waals surface area contributed by atoms with Gasteiger partial charge in [0.15, 0.2) is 5.82 Å². The molecule has 0 unspecified atom stereocenters. The monoisotopic (exact) mass is 292 g/mol. The van der Waals surface area contributed by atoms with Crippen LogP contribution in [0.5, 0.6) is 11.5 Å². The number of benzene rings is 1. The lowest BCUT2D eigenvalue weighted by molar-refractivity contribution is 0.374. The van der Waals surface area contributed by atoms with Crippen LogP contribution in [-0.4, -0.2) is 24.4 Å². The molecule has 2 aromatic rings. The van der Waals surface area contributed by atoms with Gasteiger partial charge in [-0.2, -0.15) is 4.98 Å². The number of hydrogen-bond acceptors (Lipinski definition) is 6. The SMILES string of the molecule is COc1cccc(OC)c1SCc1noc(C2CC2)n1. The average Bonchev–Trinajstić information content (AvgIpc) is 3.23. The Morgan fingerprint density at radius 2 is 1.95 bits per heavy atom. The molecule has 1 saturated carbocycles. The van der Waals surface area contributed by atoms with Gasteiger partial charge in [-0.05, 0) is 25.0 Å². The van der Waals surface area contributed by atoms with Gasteiger partial charge in [0.05, 0.1) is 24.9 Å². The number of methoxy groups -OCH3 is 2. The van der Waals surface area contributed by atoms with Gasteiger partial charge >= 0.3 is 0 Å². The Labute approximate surface area is 121 Å². The van der Waals surface area contributed by atoms with E-state index in [9.17, 15) is 0 Å². The van der Waals surface area contributed by atoms with E-state index in [4.69, 9.17) is 14.0 Å². The molecule has 0 N–H and O–H groups in total. The fourth-order valence-corrected chi connectivity index (χ4v) is 2.90. The van der Waals surface area contributed by atoms with E-state index in [-0.39, 0.29) is 0 Å². The molecule has 106 valence electrons. The van der Waals surface area contributed by atoms with E-state index in [0.717, 1.165) is 35.1 Å². The Morgan fingerprint density at radius 3 is 2.55 bits per heavy atom. The summed E-state index contributed by atoms with van der Waals surface area (Å²) in [4.78, 5) is 5.37. The Morgan fingerprint density at radius 1 is 1.25 bits per heavy atom. The highest BCUT2D eigenvalue weighted by Crippen LogP contribution is 2.41. The lowest BCUT2D eigenvalue weighted by Crippen LogP contribution is -1.92. The molecule has 0 bridgehead atoms. The van der Waals surface area contributed by atoms with Crippen LogP contribution in [0.1, 0.15) is 30.5 Å². The molecular weight excluding hydrogens is 276 g/mol. The Hall–Kier alpha value is -1.69. The number of nitrogens with zero attached hydrogens (tertiary/aromatic N) is 2. The van der Waals surface area contributed by atoms with Crippen molar-refractivity contribution < 1.29 is 14.0 Å². The third-order valence-electron chi connectivity index (χ3n) is 3.14. The van der Waals surface area contributed by atoms with E-state index in [2.05, 4.69) is 10.1 Å². The third-order valence-corrected chi connectivity index (χ3v) is 4.23. The highest BCUT2D eigenvalue weighted by molar-refractivity contribution is 7.98. The molecule has 0 radical (unpaired) electrons. The summed E-state index contributed by atoms with van der Waals surface area (Å²) in [6.07, 6.45) is 2.32. The minimum Gasteiger partial charge on any atom is -0.495 e. The van der Waals surface area contributed by atoms with E-state index in [1.54, 1.807) is 26.0 Å². The van der Waals surface area contributed by atoms with E-state index >= 15 is 0 Å². The summed E-state index contributed by atoms with van der Waals surface area (Å²) in [7, 11) is 3.30. The van der Waals surface area contributed by atoms with Crippen LogP contribution in [-0.2, 0) is 5.75 Å².